The molecule has 6 nitrogen and oxygen atoms in total. The van der Waals surface area contributed by atoms with Crippen molar-refractivity contribution in [1.29, 1.82) is 0 Å². The maximum atomic E-state index is 12.4. The Morgan fingerprint density at radius 2 is 1.93 bits per heavy atom. The maximum absolute atomic E-state index is 12.4. The smallest absolute Gasteiger partial charge is 0.325 e. The van der Waals surface area contributed by atoms with Gasteiger partial charge in [-0.15, -0.1) is 0 Å². The molecule has 0 unspecified atom stereocenters. The van der Waals surface area contributed by atoms with Crippen molar-refractivity contribution in [3.05, 3.63) is 58.9 Å². The second-order valence-corrected chi connectivity index (χ2v) is 6.79. The van der Waals surface area contributed by atoms with Gasteiger partial charge in [0, 0.05) is 0 Å². The van der Waals surface area contributed by atoms with Gasteiger partial charge in [-0.25, -0.2) is 0 Å². The van der Waals surface area contributed by atoms with Crippen molar-refractivity contribution in [3.63, 3.8) is 0 Å². The van der Waals surface area contributed by atoms with Gasteiger partial charge in [0.2, 0.25) is 0 Å². The van der Waals surface area contributed by atoms with E-state index >= 15 is 0 Å². The van der Waals surface area contributed by atoms with Crippen molar-refractivity contribution < 1.29 is 19.1 Å². The first-order valence-electron chi connectivity index (χ1n) is 8.55. The van der Waals surface area contributed by atoms with Crippen molar-refractivity contribution in [1.82, 2.24) is 4.57 Å². The predicted molar refractivity (Wildman–Crippen MR) is 104 cm³/mol. The minimum absolute atomic E-state index is 0.0120. The highest BCUT2D eigenvalue weighted by molar-refractivity contribution is 7.16. The monoisotopic (exact) mass is 384 g/mol. The fourth-order valence-electron chi connectivity index (χ4n) is 2.66. The lowest BCUT2D eigenvalue weighted by Gasteiger charge is -2.05. The zero-order chi connectivity index (χ0) is 19.2. The van der Waals surface area contributed by atoms with Gasteiger partial charge in [0.1, 0.15) is 12.3 Å². The number of nitrogens with zero attached hydrogens (tertiary/aromatic N) is 2. The summed E-state index contributed by atoms with van der Waals surface area (Å²) in [6, 6.07) is 15.0. The van der Waals surface area contributed by atoms with E-state index in [0.717, 1.165) is 21.5 Å². The second-order valence-electron chi connectivity index (χ2n) is 5.78. The Hall–Kier alpha value is -2.93. The summed E-state index contributed by atoms with van der Waals surface area (Å²) >= 11 is 1.34. The number of methoxy groups -OCH3 is 1. The van der Waals surface area contributed by atoms with Crippen LogP contribution in [0.2, 0.25) is 0 Å². The number of carbonyl (C=O) groups excluding carboxylic acids is 2. The third-order valence-electron chi connectivity index (χ3n) is 3.90. The zero-order valence-corrected chi connectivity index (χ0v) is 16.0. The van der Waals surface area contributed by atoms with Gasteiger partial charge in [0.05, 0.1) is 30.4 Å². The van der Waals surface area contributed by atoms with E-state index in [1.165, 1.54) is 18.4 Å². The fourth-order valence-corrected chi connectivity index (χ4v) is 3.73. The van der Waals surface area contributed by atoms with Crippen LogP contribution in [0.5, 0.6) is 5.75 Å². The van der Waals surface area contributed by atoms with Crippen molar-refractivity contribution in [2.45, 2.75) is 19.9 Å². The van der Waals surface area contributed by atoms with Crippen LogP contribution in [0.3, 0.4) is 0 Å². The van der Waals surface area contributed by atoms with Crippen molar-refractivity contribution in [2.24, 2.45) is 4.99 Å². The summed E-state index contributed by atoms with van der Waals surface area (Å²) in [6.07, 6.45) is 0.206. The molecule has 0 saturated heterocycles. The molecule has 0 radical (unpaired) electrons. The molecule has 0 bridgehead atoms. The molecule has 0 N–H and O–H groups in total. The van der Waals surface area contributed by atoms with Crippen LogP contribution in [0.25, 0.3) is 10.2 Å². The van der Waals surface area contributed by atoms with Crippen molar-refractivity contribution >= 4 is 33.4 Å². The molecule has 3 rings (SSSR count). The lowest BCUT2D eigenvalue weighted by Crippen LogP contribution is -2.22. The molecule has 0 saturated carbocycles. The number of fused-ring (bicyclic) bond motifs is 1. The topological polar surface area (TPSA) is 69.9 Å². The van der Waals surface area contributed by atoms with Crippen LogP contribution >= 0.6 is 11.3 Å². The van der Waals surface area contributed by atoms with Crippen LogP contribution in [-0.4, -0.2) is 30.2 Å². The largest absolute Gasteiger partial charge is 0.494 e. The highest BCUT2D eigenvalue weighted by Crippen LogP contribution is 2.23. The first-order chi connectivity index (χ1) is 13.1. The Morgan fingerprint density at radius 1 is 1.15 bits per heavy atom. The molecule has 1 aromatic heterocycles. The standard InChI is InChI=1S/C20H20N2O4S/c1-3-26-15-9-10-16-17(12-15)27-20(22(16)13-19(24)25-2)21-18(23)11-14-7-5-4-6-8-14/h4-10,12H,3,11,13H2,1-2H3. The Kier molecular flexibility index (Phi) is 6.03. The third-order valence-corrected chi connectivity index (χ3v) is 4.94. The van der Waals surface area contributed by atoms with Gasteiger partial charge in [0.25, 0.3) is 5.91 Å². The van der Waals surface area contributed by atoms with Gasteiger partial charge < -0.3 is 14.0 Å². The average molecular weight is 384 g/mol. The minimum atomic E-state index is -0.402. The molecule has 1 heterocycles. The molecule has 0 spiro atoms. The van der Waals surface area contributed by atoms with Gasteiger partial charge in [0.15, 0.2) is 4.80 Å². The van der Waals surface area contributed by atoms with Crippen LogP contribution in [0, 0.1) is 0 Å². The minimum Gasteiger partial charge on any atom is -0.494 e. The number of rotatable bonds is 6. The van der Waals surface area contributed by atoms with Gasteiger partial charge in [-0.05, 0) is 30.7 Å². The van der Waals surface area contributed by atoms with Crippen LogP contribution in [0.1, 0.15) is 12.5 Å². The molecule has 0 aliphatic rings. The third kappa shape index (κ3) is 4.62. The van der Waals surface area contributed by atoms with Gasteiger partial charge in [-0.1, -0.05) is 41.7 Å². The van der Waals surface area contributed by atoms with E-state index in [0.29, 0.717) is 11.4 Å². The number of hydrogen-bond acceptors (Lipinski definition) is 5. The van der Waals surface area contributed by atoms with Gasteiger partial charge in [-0.2, -0.15) is 4.99 Å². The number of benzene rings is 2. The van der Waals surface area contributed by atoms with Crippen molar-refractivity contribution in [2.75, 3.05) is 13.7 Å². The van der Waals surface area contributed by atoms with Gasteiger partial charge in [-0.3, -0.25) is 9.59 Å². The summed E-state index contributed by atoms with van der Waals surface area (Å²) in [5, 5.41) is 0. The molecule has 27 heavy (non-hydrogen) atoms. The number of amides is 1. The van der Waals surface area contributed by atoms with E-state index in [9.17, 15) is 9.59 Å². The first kappa shape index (κ1) is 18.8. The van der Waals surface area contributed by atoms with Crippen LogP contribution in [0.4, 0.5) is 0 Å². The molecule has 0 aliphatic heterocycles. The van der Waals surface area contributed by atoms with Crippen molar-refractivity contribution in [3.8, 4) is 5.75 Å². The summed E-state index contributed by atoms with van der Waals surface area (Å²) in [7, 11) is 1.34. The highest BCUT2D eigenvalue weighted by atomic mass is 32.1. The molecule has 7 heteroatoms. The summed E-state index contributed by atoms with van der Waals surface area (Å²) in [5.41, 5.74) is 1.70. The summed E-state index contributed by atoms with van der Waals surface area (Å²) in [5.74, 6) is 0.0653. The quantitative estimate of drug-likeness (QED) is 0.613. The molecule has 0 atom stereocenters. The highest BCUT2D eigenvalue weighted by Gasteiger charge is 2.13. The number of hydrogen-bond donors (Lipinski definition) is 0. The zero-order valence-electron chi connectivity index (χ0n) is 15.2. The summed E-state index contributed by atoms with van der Waals surface area (Å²) in [6.45, 7) is 2.47. The molecular formula is C20H20N2O4S. The first-order valence-corrected chi connectivity index (χ1v) is 9.37. The van der Waals surface area contributed by atoms with E-state index in [4.69, 9.17) is 9.47 Å². The normalized spacial score (nSPS) is 11.6. The Bertz CT molecular complexity index is 1020. The Balaban J connectivity index is 2.02. The van der Waals surface area contributed by atoms with E-state index in [-0.39, 0.29) is 18.9 Å². The number of ether oxygens (including phenoxy) is 2. The van der Waals surface area contributed by atoms with Gasteiger partial charge >= 0.3 is 5.97 Å². The molecule has 0 aliphatic carbocycles. The number of aromatic nitrogens is 1. The fraction of sp³-hybridized carbons (Fsp3) is 0.250. The number of carbonyl (C=O) groups is 2. The lowest BCUT2D eigenvalue weighted by atomic mass is 10.1. The molecule has 140 valence electrons. The molecule has 2 aromatic carbocycles. The summed E-state index contributed by atoms with van der Waals surface area (Å²) < 4.78 is 12.9. The van der Waals surface area contributed by atoms with Crippen LogP contribution in [0.15, 0.2) is 53.5 Å². The van der Waals surface area contributed by atoms with E-state index in [1.54, 1.807) is 4.57 Å². The molecule has 1 amide bonds. The number of esters is 1. The average Bonchev–Trinajstić information content (AvgIpc) is 2.99. The molecular weight excluding hydrogens is 364 g/mol. The second kappa shape index (κ2) is 8.64. The summed E-state index contributed by atoms with van der Waals surface area (Å²) in [4.78, 5) is 29.0. The Labute approximate surface area is 160 Å². The number of thiazole rings is 1. The Morgan fingerprint density at radius 3 is 2.63 bits per heavy atom. The van der Waals surface area contributed by atoms with Crippen LogP contribution in [-0.2, 0) is 27.3 Å². The van der Waals surface area contributed by atoms with Crippen LogP contribution < -0.4 is 9.54 Å². The lowest BCUT2D eigenvalue weighted by molar-refractivity contribution is -0.141. The molecule has 0 fully saturated rings. The SMILES string of the molecule is CCOc1ccc2c(c1)sc(=NC(=O)Cc1ccccc1)n2CC(=O)OC. The molecule has 3 aromatic rings. The van der Waals surface area contributed by atoms with E-state index < -0.39 is 5.97 Å². The van der Waals surface area contributed by atoms with E-state index in [1.807, 2.05) is 55.5 Å². The van der Waals surface area contributed by atoms with E-state index in [2.05, 4.69) is 4.99 Å². The maximum Gasteiger partial charge on any atom is 0.325 e. The predicted octanol–water partition coefficient (Wildman–Crippen LogP) is 2.94.